The minimum absolute atomic E-state index is 0.322. The molecule has 3 rings (SSSR count). The maximum atomic E-state index is 6.00. The minimum atomic E-state index is 0.322. The molecule has 0 aliphatic heterocycles. The summed E-state index contributed by atoms with van der Waals surface area (Å²) in [5.74, 6) is 2.61. The van der Waals surface area contributed by atoms with Crippen molar-refractivity contribution in [1.82, 2.24) is 9.97 Å². The van der Waals surface area contributed by atoms with Crippen molar-refractivity contribution < 1.29 is 0 Å². The van der Waals surface area contributed by atoms with Crippen LogP contribution in [0.2, 0.25) is 0 Å². The number of aryl methyl sites for hydroxylation is 1. The third kappa shape index (κ3) is 2.16. The summed E-state index contributed by atoms with van der Waals surface area (Å²) in [5.41, 5.74) is 13.9. The number of hydrogen-bond acceptors (Lipinski definition) is 4. The van der Waals surface area contributed by atoms with Crippen LogP contribution in [0.25, 0.3) is 0 Å². The molecule has 4 heteroatoms. The Morgan fingerprint density at radius 2 is 1.67 bits per heavy atom. The summed E-state index contributed by atoms with van der Waals surface area (Å²) in [6.45, 7) is 0. The maximum absolute atomic E-state index is 6.00. The molecule has 0 radical (unpaired) electrons. The second-order valence-corrected chi connectivity index (χ2v) is 5.79. The summed E-state index contributed by atoms with van der Waals surface area (Å²) < 4.78 is 0. The molecule has 4 N–H and O–H groups in total. The lowest BCUT2D eigenvalue weighted by Crippen LogP contribution is -2.26. The lowest BCUT2D eigenvalue weighted by Gasteiger charge is -2.33. The van der Waals surface area contributed by atoms with Gasteiger partial charge in [-0.05, 0) is 31.1 Å². The average Bonchev–Trinajstić information content (AvgIpc) is 2.39. The second-order valence-electron chi connectivity index (χ2n) is 5.79. The first-order valence-electron chi connectivity index (χ1n) is 7.15. The SMILES string of the molecule is Nc1nc(N)c2c(n1)CCC(C1CCCCC1)C2. The Morgan fingerprint density at radius 3 is 2.44 bits per heavy atom. The van der Waals surface area contributed by atoms with Gasteiger partial charge in [0.25, 0.3) is 0 Å². The summed E-state index contributed by atoms with van der Waals surface area (Å²) >= 11 is 0. The fourth-order valence-electron chi connectivity index (χ4n) is 3.69. The topological polar surface area (TPSA) is 77.8 Å². The Balaban J connectivity index is 1.80. The van der Waals surface area contributed by atoms with Crippen LogP contribution in [0.15, 0.2) is 0 Å². The fourth-order valence-corrected chi connectivity index (χ4v) is 3.69. The van der Waals surface area contributed by atoms with Gasteiger partial charge in [0.15, 0.2) is 0 Å². The number of aromatic nitrogens is 2. The van der Waals surface area contributed by atoms with Gasteiger partial charge in [-0.25, -0.2) is 4.98 Å². The van der Waals surface area contributed by atoms with E-state index in [1.807, 2.05) is 0 Å². The fraction of sp³-hybridized carbons (Fsp3) is 0.714. The highest BCUT2D eigenvalue weighted by atomic mass is 15.0. The van der Waals surface area contributed by atoms with Crippen LogP contribution in [-0.2, 0) is 12.8 Å². The molecule has 0 saturated heterocycles. The predicted octanol–water partition coefficient (Wildman–Crippen LogP) is 2.33. The molecule has 0 amide bonds. The van der Waals surface area contributed by atoms with E-state index in [1.54, 1.807) is 0 Å². The molecule has 1 aromatic rings. The smallest absolute Gasteiger partial charge is 0.222 e. The highest BCUT2D eigenvalue weighted by molar-refractivity contribution is 5.47. The van der Waals surface area contributed by atoms with Crippen LogP contribution in [0.5, 0.6) is 0 Å². The van der Waals surface area contributed by atoms with Crippen molar-refractivity contribution in [2.24, 2.45) is 11.8 Å². The summed E-state index contributed by atoms with van der Waals surface area (Å²) in [6, 6.07) is 0. The second kappa shape index (κ2) is 4.75. The molecule has 2 aliphatic rings. The lowest BCUT2D eigenvalue weighted by atomic mass is 9.73. The highest BCUT2D eigenvalue weighted by Crippen LogP contribution is 2.38. The van der Waals surface area contributed by atoms with E-state index in [0.717, 1.165) is 30.4 Å². The van der Waals surface area contributed by atoms with Gasteiger partial charge in [-0.3, -0.25) is 0 Å². The lowest BCUT2D eigenvalue weighted by molar-refractivity contribution is 0.227. The molecule has 1 heterocycles. The van der Waals surface area contributed by atoms with E-state index in [4.69, 9.17) is 11.5 Å². The zero-order valence-corrected chi connectivity index (χ0v) is 10.9. The average molecular weight is 246 g/mol. The minimum Gasteiger partial charge on any atom is -0.383 e. The molecule has 0 spiro atoms. The predicted molar refractivity (Wildman–Crippen MR) is 72.9 cm³/mol. The number of nitrogen functional groups attached to an aromatic ring is 2. The van der Waals surface area contributed by atoms with Crippen LogP contribution in [0, 0.1) is 11.8 Å². The van der Waals surface area contributed by atoms with Crippen molar-refractivity contribution in [3.63, 3.8) is 0 Å². The number of nitrogens with two attached hydrogens (primary N) is 2. The van der Waals surface area contributed by atoms with Crippen molar-refractivity contribution in [3.8, 4) is 0 Å². The van der Waals surface area contributed by atoms with Gasteiger partial charge in [0.1, 0.15) is 5.82 Å². The van der Waals surface area contributed by atoms with Gasteiger partial charge in [-0.15, -0.1) is 0 Å². The van der Waals surface area contributed by atoms with Crippen molar-refractivity contribution in [2.75, 3.05) is 11.5 Å². The van der Waals surface area contributed by atoms with Gasteiger partial charge in [0, 0.05) is 5.56 Å². The number of fused-ring (bicyclic) bond motifs is 1. The molecule has 2 aliphatic carbocycles. The van der Waals surface area contributed by atoms with Gasteiger partial charge in [0.2, 0.25) is 5.95 Å². The molecule has 0 bridgehead atoms. The van der Waals surface area contributed by atoms with Crippen molar-refractivity contribution in [1.29, 1.82) is 0 Å². The van der Waals surface area contributed by atoms with Crippen LogP contribution in [0.3, 0.4) is 0 Å². The van der Waals surface area contributed by atoms with Gasteiger partial charge < -0.3 is 11.5 Å². The van der Waals surface area contributed by atoms with Crippen LogP contribution in [0.4, 0.5) is 11.8 Å². The van der Waals surface area contributed by atoms with E-state index in [-0.39, 0.29) is 0 Å². The van der Waals surface area contributed by atoms with E-state index >= 15 is 0 Å². The van der Waals surface area contributed by atoms with Crippen LogP contribution in [0.1, 0.15) is 49.8 Å². The Morgan fingerprint density at radius 1 is 0.889 bits per heavy atom. The van der Waals surface area contributed by atoms with Crippen LogP contribution in [-0.4, -0.2) is 9.97 Å². The zero-order chi connectivity index (χ0) is 12.5. The third-order valence-electron chi connectivity index (χ3n) is 4.68. The van der Waals surface area contributed by atoms with Crippen LogP contribution < -0.4 is 11.5 Å². The molecule has 1 atom stereocenters. The largest absolute Gasteiger partial charge is 0.383 e. The Bertz CT molecular complexity index is 438. The molecule has 98 valence electrons. The Hall–Kier alpha value is -1.32. The monoisotopic (exact) mass is 246 g/mol. The number of nitrogens with zero attached hydrogens (tertiary/aromatic N) is 2. The van der Waals surface area contributed by atoms with E-state index < -0.39 is 0 Å². The summed E-state index contributed by atoms with van der Waals surface area (Å²) in [7, 11) is 0. The normalized spacial score (nSPS) is 24.8. The van der Waals surface area contributed by atoms with Gasteiger partial charge >= 0.3 is 0 Å². The molecule has 1 aromatic heterocycles. The molecule has 18 heavy (non-hydrogen) atoms. The summed E-state index contributed by atoms with van der Waals surface area (Å²) in [6.07, 6.45) is 10.4. The highest BCUT2D eigenvalue weighted by Gasteiger charge is 2.29. The number of anilines is 2. The zero-order valence-electron chi connectivity index (χ0n) is 10.9. The maximum Gasteiger partial charge on any atom is 0.222 e. The Kier molecular flexibility index (Phi) is 3.10. The van der Waals surface area contributed by atoms with E-state index in [2.05, 4.69) is 9.97 Å². The molecular weight excluding hydrogens is 224 g/mol. The molecule has 4 nitrogen and oxygen atoms in total. The molecule has 1 unspecified atom stereocenters. The summed E-state index contributed by atoms with van der Waals surface area (Å²) in [5, 5.41) is 0. The number of hydrogen-bond donors (Lipinski definition) is 2. The van der Waals surface area contributed by atoms with Crippen molar-refractivity contribution in [2.45, 2.75) is 51.4 Å². The molecule has 1 fully saturated rings. The van der Waals surface area contributed by atoms with Gasteiger partial charge in [-0.2, -0.15) is 4.98 Å². The summed E-state index contributed by atoms with van der Waals surface area (Å²) in [4.78, 5) is 8.45. The van der Waals surface area contributed by atoms with Gasteiger partial charge in [0.05, 0.1) is 5.69 Å². The van der Waals surface area contributed by atoms with Crippen LogP contribution >= 0.6 is 0 Å². The van der Waals surface area contributed by atoms with E-state index in [0.29, 0.717) is 11.8 Å². The molecule has 1 saturated carbocycles. The first-order valence-corrected chi connectivity index (χ1v) is 7.15. The first-order chi connectivity index (χ1) is 8.74. The quantitative estimate of drug-likeness (QED) is 0.797. The van der Waals surface area contributed by atoms with Crippen molar-refractivity contribution in [3.05, 3.63) is 11.3 Å². The molecular formula is C14H22N4. The van der Waals surface area contributed by atoms with E-state index in [9.17, 15) is 0 Å². The molecule has 0 aromatic carbocycles. The first kappa shape index (κ1) is 11.8. The third-order valence-corrected chi connectivity index (χ3v) is 4.68. The Labute approximate surface area is 108 Å². The standard InChI is InChI=1S/C14H22N4/c15-13-11-8-10(9-4-2-1-3-5-9)6-7-12(11)17-14(16)18-13/h9-10H,1-8H2,(H4,15,16,17,18). The van der Waals surface area contributed by atoms with Gasteiger partial charge in [-0.1, -0.05) is 32.1 Å². The van der Waals surface area contributed by atoms with E-state index in [1.165, 1.54) is 44.1 Å². The number of rotatable bonds is 1. The van der Waals surface area contributed by atoms with Crippen molar-refractivity contribution >= 4 is 11.8 Å².